The van der Waals surface area contributed by atoms with E-state index in [1.165, 1.54) is 128 Å². The van der Waals surface area contributed by atoms with Crippen LogP contribution in [0.1, 0.15) is 187 Å². The molecule has 0 aliphatic heterocycles. The average Bonchev–Trinajstić information content (AvgIpc) is 3.06. The molecule has 0 aromatic rings. The number of unbranched alkanes of at least 4 members (excludes halogenated alkanes) is 18. The summed E-state index contributed by atoms with van der Waals surface area (Å²) in [7, 11) is 8.45. The first kappa shape index (κ1) is 47.8. The highest BCUT2D eigenvalue weighted by Gasteiger charge is 2.30. The maximum Gasteiger partial charge on any atom is 0.165 e. The molecule has 1 unspecified atom stereocenters. The van der Waals surface area contributed by atoms with Crippen molar-refractivity contribution in [2.75, 3.05) is 41.3 Å². The second kappa shape index (κ2) is 36.6. The first-order valence-electron chi connectivity index (χ1n) is 21.1. The number of likely N-dealkylation sites (N-methyl/N-ethyl adjacent to an activating group) is 1. The summed E-state index contributed by atoms with van der Waals surface area (Å²) >= 11 is 0. The first-order chi connectivity index (χ1) is 23.8. The molecule has 0 heterocycles. The van der Waals surface area contributed by atoms with Gasteiger partial charge in [0, 0.05) is 25.9 Å². The van der Waals surface area contributed by atoms with Gasteiger partial charge in [-0.2, -0.15) is 0 Å². The molecule has 0 aliphatic carbocycles. The molecule has 0 saturated heterocycles. The molecule has 49 heavy (non-hydrogen) atoms. The Balaban J connectivity index is 4.41. The summed E-state index contributed by atoms with van der Waals surface area (Å²) in [6, 6.07) is 0. The predicted molar refractivity (Wildman–Crippen MR) is 219 cm³/mol. The van der Waals surface area contributed by atoms with Gasteiger partial charge in [0.1, 0.15) is 0 Å². The Morgan fingerprint density at radius 2 is 0.857 bits per heavy atom. The highest BCUT2D eigenvalue weighted by atomic mass is 16.6. The fourth-order valence-electron chi connectivity index (χ4n) is 6.33. The van der Waals surface area contributed by atoms with E-state index in [9.17, 15) is 5.11 Å². The molecule has 0 aliphatic rings. The average molecular weight is 687 g/mol. The number of hydrogen-bond donors (Lipinski definition) is 1. The molecule has 0 spiro atoms. The third kappa shape index (κ3) is 36.4. The summed E-state index contributed by atoms with van der Waals surface area (Å²) < 4.78 is 6.61. The van der Waals surface area contributed by atoms with Crippen LogP contribution in [0.15, 0.2) is 48.6 Å². The molecule has 0 amide bonds. The zero-order valence-corrected chi connectivity index (χ0v) is 34.0. The molecule has 0 saturated carbocycles. The summed E-state index contributed by atoms with van der Waals surface area (Å²) in [6.45, 7) is 6.35. The Kier molecular flexibility index (Phi) is 35.7. The van der Waals surface area contributed by atoms with Gasteiger partial charge >= 0.3 is 0 Å². The summed E-state index contributed by atoms with van der Waals surface area (Å²) in [5.74, 6) is -1.00. The van der Waals surface area contributed by atoms with Crippen molar-refractivity contribution in [1.82, 2.24) is 9.80 Å². The molecular formula is C45H86N2O2. The van der Waals surface area contributed by atoms with Crippen molar-refractivity contribution in [3.8, 4) is 0 Å². The summed E-state index contributed by atoms with van der Waals surface area (Å²) in [6.07, 6.45) is 50.9. The molecular weight excluding hydrogens is 601 g/mol. The van der Waals surface area contributed by atoms with E-state index in [1.54, 1.807) is 0 Å². The Hall–Kier alpha value is -1.20. The predicted octanol–water partition coefficient (Wildman–Crippen LogP) is 13.0. The van der Waals surface area contributed by atoms with Crippen LogP contribution in [0.5, 0.6) is 0 Å². The van der Waals surface area contributed by atoms with Crippen LogP contribution in [0.25, 0.3) is 0 Å². The van der Waals surface area contributed by atoms with E-state index in [1.807, 2.05) is 0 Å². The first-order valence-corrected chi connectivity index (χ1v) is 21.1. The lowest BCUT2D eigenvalue weighted by atomic mass is 9.98. The smallest absolute Gasteiger partial charge is 0.165 e. The van der Waals surface area contributed by atoms with Crippen LogP contribution < -0.4 is 0 Å². The summed E-state index contributed by atoms with van der Waals surface area (Å²) in [5, 5.41) is 11.8. The summed E-state index contributed by atoms with van der Waals surface area (Å²) in [4.78, 5) is 4.41. The fourth-order valence-corrected chi connectivity index (χ4v) is 6.33. The monoisotopic (exact) mass is 687 g/mol. The Morgan fingerprint density at radius 3 is 1.22 bits per heavy atom. The highest BCUT2D eigenvalue weighted by Crippen LogP contribution is 2.27. The molecule has 4 heteroatoms. The minimum atomic E-state index is -1.00. The minimum absolute atomic E-state index is 0.0524. The van der Waals surface area contributed by atoms with Gasteiger partial charge in [0.25, 0.3) is 0 Å². The van der Waals surface area contributed by atoms with Crippen molar-refractivity contribution in [2.24, 2.45) is 0 Å². The largest absolute Gasteiger partial charge is 0.365 e. The van der Waals surface area contributed by atoms with Crippen LogP contribution in [-0.4, -0.2) is 68.1 Å². The van der Waals surface area contributed by atoms with Crippen LogP contribution in [0.4, 0.5) is 0 Å². The van der Waals surface area contributed by atoms with Crippen LogP contribution in [0.3, 0.4) is 0 Å². The van der Waals surface area contributed by atoms with Gasteiger partial charge in [0.15, 0.2) is 5.79 Å². The quantitative estimate of drug-likeness (QED) is 0.0401. The van der Waals surface area contributed by atoms with E-state index in [4.69, 9.17) is 4.74 Å². The number of allylic oxidation sites excluding steroid dienone is 8. The maximum absolute atomic E-state index is 11.8. The van der Waals surface area contributed by atoms with E-state index in [2.05, 4.69) is 100 Å². The maximum atomic E-state index is 11.8. The number of rotatable bonds is 37. The van der Waals surface area contributed by atoms with E-state index in [-0.39, 0.29) is 6.10 Å². The van der Waals surface area contributed by atoms with Crippen LogP contribution in [0, 0.1) is 0 Å². The fraction of sp³-hybridized carbons (Fsp3) is 0.822. The zero-order valence-electron chi connectivity index (χ0n) is 34.0. The van der Waals surface area contributed by atoms with Gasteiger partial charge in [-0.3, -0.25) is 0 Å². The second-order valence-electron chi connectivity index (χ2n) is 15.2. The molecule has 0 bridgehead atoms. The van der Waals surface area contributed by atoms with Crippen molar-refractivity contribution in [3.63, 3.8) is 0 Å². The molecule has 0 fully saturated rings. The minimum Gasteiger partial charge on any atom is -0.365 e. The van der Waals surface area contributed by atoms with Gasteiger partial charge in [-0.1, -0.05) is 140 Å². The number of hydrogen-bond acceptors (Lipinski definition) is 4. The third-order valence-electron chi connectivity index (χ3n) is 9.39. The van der Waals surface area contributed by atoms with Gasteiger partial charge in [0.05, 0.1) is 6.10 Å². The standard InChI is InChI=1S/C45H86N2O2/c1-7-9-11-13-15-17-19-21-23-25-27-29-31-33-35-37-40-45(48,49-44(43-47(5)6)39-42-46(3)4)41-38-36-34-32-30-28-26-24-22-20-18-16-14-12-10-8-2/h15-18,21-24,44,48H,7-14,19-20,25-43H2,1-6H3. The van der Waals surface area contributed by atoms with Gasteiger partial charge in [-0.25, -0.2) is 0 Å². The normalized spacial score (nSPS) is 14.6. The molecule has 1 N–H and O–H groups in total. The second-order valence-corrected chi connectivity index (χ2v) is 15.2. The lowest BCUT2D eigenvalue weighted by Gasteiger charge is -2.35. The molecule has 0 rings (SSSR count). The van der Waals surface area contributed by atoms with Crippen LogP contribution in [-0.2, 0) is 4.74 Å². The van der Waals surface area contributed by atoms with Crippen molar-refractivity contribution in [1.29, 1.82) is 0 Å². The molecule has 0 aromatic carbocycles. The molecule has 1 atom stereocenters. The van der Waals surface area contributed by atoms with E-state index < -0.39 is 5.79 Å². The van der Waals surface area contributed by atoms with Crippen molar-refractivity contribution < 1.29 is 9.84 Å². The lowest BCUT2D eigenvalue weighted by Crippen LogP contribution is -2.41. The van der Waals surface area contributed by atoms with Gasteiger partial charge in [-0.05, 0) is 112 Å². The molecule has 288 valence electrons. The lowest BCUT2D eigenvalue weighted by molar-refractivity contribution is -0.242. The van der Waals surface area contributed by atoms with Crippen molar-refractivity contribution >= 4 is 0 Å². The molecule has 0 aromatic heterocycles. The zero-order chi connectivity index (χ0) is 36.1. The topological polar surface area (TPSA) is 35.9 Å². The molecule has 0 radical (unpaired) electrons. The van der Waals surface area contributed by atoms with E-state index >= 15 is 0 Å². The van der Waals surface area contributed by atoms with Crippen molar-refractivity contribution in [2.45, 2.75) is 199 Å². The highest BCUT2D eigenvalue weighted by molar-refractivity contribution is 4.93. The summed E-state index contributed by atoms with van der Waals surface area (Å²) in [5.41, 5.74) is 0. The van der Waals surface area contributed by atoms with Gasteiger partial charge in [0.2, 0.25) is 0 Å². The SMILES string of the molecule is CCCCCC=CCC=CCCCCCCCCC(O)(CCCCCCCCC=CCC=CCCCCC)OC(CCN(C)C)CN(C)C. The van der Waals surface area contributed by atoms with Crippen LogP contribution >= 0.6 is 0 Å². The van der Waals surface area contributed by atoms with Crippen molar-refractivity contribution in [3.05, 3.63) is 48.6 Å². The number of nitrogens with zero attached hydrogens (tertiary/aromatic N) is 2. The van der Waals surface area contributed by atoms with E-state index in [0.717, 1.165) is 58.0 Å². The molecule has 4 nitrogen and oxygen atoms in total. The number of aliphatic hydroxyl groups is 1. The Bertz CT molecular complexity index is 737. The number of ether oxygens (including phenoxy) is 1. The van der Waals surface area contributed by atoms with Crippen LogP contribution in [0.2, 0.25) is 0 Å². The van der Waals surface area contributed by atoms with E-state index in [0.29, 0.717) is 0 Å². The Labute approximate surface area is 307 Å². The van der Waals surface area contributed by atoms with Gasteiger partial charge < -0.3 is 19.6 Å². The van der Waals surface area contributed by atoms with Gasteiger partial charge in [-0.15, -0.1) is 0 Å². The third-order valence-corrected chi connectivity index (χ3v) is 9.39. The Morgan fingerprint density at radius 1 is 0.490 bits per heavy atom.